The molecule has 0 aromatic heterocycles. The lowest BCUT2D eigenvalue weighted by atomic mass is 10.2. The second-order valence-corrected chi connectivity index (χ2v) is 3.37. The molecule has 1 nitrogen and oxygen atoms in total. The summed E-state index contributed by atoms with van der Waals surface area (Å²) in [6.45, 7) is 7.70. The van der Waals surface area contributed by atoms with Crippen LogP contribution in [0.1, 0.15) is 12.5 Å². The van der Waals surface area contributed by atoms with Gasteiger partial charge in [0.05, 0.1) is 6.26 Å². The van der Waals surface area contributed by atoms with Crippen LogP contribution in [0, 0.1) is 6.92 Å². The van der Waals surface area contributed by atoms with Crippen molar-refractivity contribution >= 4 is 0 Å². The summed E-state index contributed by atoms with van der Waals surface area (Å²) in [6.07, 6.45) is 7.27. The van der Waals surface area contributed by atoms with Gasteiger partial charge in [-0.15, -0.1) is 0 Å². The lowest BCUT2D eigenvalue weighted by Gasteiger charge is -1.99. The van der Waals surface area contributed by atoms with Crippen molar-refractivity contribution in [2.45, 2.75) is 13.8 Å². The molecule has 0 saturated carbocycles. The number of benzene rings is 1. The average molecular weight is 200 g/mol. The Morgan fingerprint density at radius 3 is 2.53 bits per heavy atom. The molecule has 1 aromatic carbocycles. The highest BCUT2D eigenvalue weighted by Crippen LogP contribution is 2.11. The fourth-order valence-corrected chi connectivity index (χ4v) is 0.994. The van der Waals surface area contributed by atoms with Crippen molar-refractivity contribution < 1.29 is 4.74 Å². The van der Waals surface area contributed by atoms with Crippen LogP contribution in [0.25, 0.3) is 0 Å². The Kier molecular flexibility index (Phi) is 4.42. The molecule has 1 rings (SSSR count). The molecule has 0 amide bonds. The summed E-state index contributed by atoms with van der Waals surface area (Å²) in [5, 5.41) is 0. The standard InChI is InChI=1S/C14H16O/c1-4-12(2)6-5-11-15-14-9-7-13(3)8-10-14/h4-11H,1H2,2-3H3/b11-5+,12-6-. The second-order valence-electron chi connectivity index (χ2n) is 3.37. The minimum Gasteiger partial charge on any atom is -0.465 e. The third kappa shape index (κ3) is 4.32. The highest BCUT2D eigenvalue weighted by molar-refractivity contribution is 5.27. The molecule has 1 heteroatoms. The zero-order valence-corrected chi connectivity index (χ0v) is 9.23. The van der Waals surface area contributed by atoms with Crippen molar-refractivity contribution in [2.24, 2.45) is 0 Å². The monoisotopic (exact) mass is 200 g/mol. The number of hydrogen-bond donors (Lipinski definition) is 0. The van der Waals surface area contributed by atoms with Crippen molar-refractivity contribution in [1.29, 1.82) is 0 Å². The predicted molar refractivity (Wildman–Crippen MR) is 64.9 cm³/mol. The van der Waals surface area contributed by atoms with Crippen molar-refractivity contribution in [3.05, 3.63) is 66.5 Å². The Hall–Kier alpha value is -1.76. The Morgan fingerprint density at radius 1 is 1.27 bits per heavy atom. The Bertz CT molecular complexity index is 369. The van der Waals surface area contributed by atoms with E-state index in [9.17, 15) is 0 Å². The van der Waals surface area contributed by atoms with Gasteiger partial charge in [-0.2, -0.15) is 0 Å². The van der Waals surface area contributed by atoms with Gasteiger partial charge in [0.2, 0.25) is 0 Å². The molecular formula is C14H16O. The molecule has 0 aliphatic carbocycles. The van der Waals surface area contributed by atoms with Crippen molar-refractivity contribution in [3.8, 4) is 5.75 Å². The molecule has 0 saturated heterocycles. The van der Waals surface area contributed by atoms with Gasteiger partial charge in [-0.1, -0.05) is 42.0 Å². The van der Waals surface area contributed by atoms with E-state index in [1.807, 2.05) is 43.3 Å². The highest BCUT2D eigenvalue weighted by Gasteiger charge is 1.88. The minimum atomic E-state index is 0.849. The van der Waals surface area contributed by atoms with Crippen LogP contribution in [-0.2, 0) is 0 Å². The van der Waals surface area contributed by atoms with E-state index in [1.165, 1.54) is 5.56 Å². The first-order chi connectivity index (χ1) is 7.22. The summed E-state index contributed by atoms with van der Waals surface area (Å²) in [7, 11) is 0. The lowest BCUT2D eigenvalue weighted by Crippen LogP contribution is -1.81. The van der Waals surface area contributed by atoms with Crippen LogP contribution in [0.4, 0.5) is 0 Å². The van der Waals surface area contributed by atoms with Crippen LogP contribution < -0.4 is 4.74 Å². The number of hydrogen-bond acceptors (Lipinski definition) is 1. The first-order valence-electron chi connectivity index (χ1n) is 4.91. The maximum absolute atomic E-state index is 5.40. The molecule has 78 valence electrons. The van der Waals surface area contributed by atoms with E-state index in [0.29, 0.717) is 0 Å². The average Bonchev–Trinajstić information content (AvgIpc) is 2.26. The van der Waals surface area contributed by atoms with E-state index in [2.05, 4.69) is 13.5 Å². The summed E-state index contributed by atoms with van der Waals surface area (Å²) < 4.78 is 5.40. The molecule has 0 radical (unpaired) electrons. The Morgan fingerprint density at radius 2 is 1.93 bits per heavy atom. The van der Waals surface area contributed by atoms with Crippen LogP contribution in [0.15, 0.2) is 60.9 Å². The van der Waals surface area contributed by atoms with Gasteiger partial charge in [-0.05, 0) is 32.1 Å². The number of aryl methyl sites for hydroxylation is 1. The highest BCUT2D eigenvalue weighted by atomic mass is 16.5. The van der Waals surface area contributed by atoms with E-state index >= 15 is 0 Å². The van der Waals surface area contributed by atoms with Crippen LogP contribution in [0.5, 0.6) is 5.75 Å². The van der Waals surface area contributed by atoms with Gasteiger partial charge < -0.3 is 4.74 Å². The first kappa shape index (κ1) is 11.3. The molecule has 0 fully saturated rings. The van der Waals surface area contributed by atoms with E-state index in [-0.39, 0.29) is 0 Å². The molecule has 0 unspecified atom stereocenters. The van der Waals surface area contributed by atoms with Crippen molar-refractivity contribution in [3.63, 3.8) is 0 Å². The topological polar surface area (TPSA) is 9.23 Å². The summed E-state index contributed by atoms with van der Waals surface area (Å²) >= 11 is 0. The SMILES string of the molecule is C=C/C(C)=C\C=C\Oc1ccc(C)cc1. The second kappa shape index (κ2) is 5.86. The molecule has 0 spiro atoms. The molecule has 0 heterocycles. The number of allylic oxidation sites excluding steroid dienone is 4. The van der Waals surface area contributed by atoms with E-state index in [4.69, 9.17) is 4.74 Å². The van der Waals surface area contributed by atoms with Gasteiger partial charge in [-0.25, -0.2) is 0 Å². The molecule has 1 aromatic rings. The molecule has 0 aliphatic heterocycles. The summed E-state index contributed by atoms with van der Waals surface area (Å²) in [6, 6.07) is 7.94. The molecular weight excluding hydrogens is 184 g/mol. The van der Waals surface area contributed by atoms with E-state index in [1.54, 1.807) is 12.3 Å². The van der Waals surface area contributed by atoms with Gasteiger partial charge in [0, 0.05) is 0 Å². The van der Waals surface area contributed by atoms with Gasteiger partial charge >= 0.3 is 0 Å². The fraction of sp³-hybridized carbons (Fsp3) is 0.143. The predicted octanol–water partition coefficient (Wildman–Crippen LogP) is 4.02. The largest absolute Gasteiger partial charge is 0.465 e. The summed E-state index contributed by atoms with van der Waals surface area (Å²) in [5.41, 5.74) is 2.34. The number of ether oxygens (including phenoxy) is 1. The minimum absolute atomic E-state index is 0.849. The zero-order valence-electron chi connectivity index (χ0n) is 9.23. The van der Waals surface area contributed by atoms with Crippen LogP contribution in [0.2, 0.25) is 0 Å². The van der Waals surface area contributed by atoms with Crippen LogP contribution >= 0.6 is 0 Å². The Labute approximate surface area is 91.4 Å². The normalized spacial score (nSPS) is 11.7. The van der Waals surface area contributed by atoms with Gasteiger partial charge in [0.25, 0.3) is 0 Å². The van der Waals surface area contributed by atoms with Crippen molar-refractivity contribution in [2.75, 3.05) is 0 Å². The van der Waals surface area contributed by atoms with E-state index < -0.39 is 0 Å². The van der Waals surface area contributed by atoms with E-state index in [0.717, 1.165) is 11.3 Å². The fourth-order valence-electron chi connectivity index (χ4n) is 0.994. The lowest BCUT2D eigenvalue weighted by molar-refractivity contribution is 0.481. The van der Waals surface area contributed by atoms with Crippen molar-refractivity contribution in [1.82, 2.24) is 0 Å². The first-order valence-corrected chi connectivity index (χ1v) is 4.91. The molecule has 15 heavy (non-hydrogen) atoms. The molecule has 0 aliphatic rings. The maximum Gasteiger partial charge on any atom is 0.126 e. The van der Waals surface area contributed by atoms with Gasteiger partial charge in [-0.3, -0.25) is 0 Å². The zero-order chi connectivity index (χ0) is 11.1. The van der Waals surface area contributed by atoms with Crippen LogP contribution in [-0.4, -0.2) is 0 Å². The number of rotatable bonds is 4. The molecule has 0 N–H and O–H groups in total. The smallest absolute Gasteiger partial charge is 0.126 e. The van der Waals surface area contributed by atoms with Crippen LogP contribution in [0.3, 0.4) is 0 Å². The quantitative estimate of drug-likeness (QED) is 0.527. The van der Waals surface area contributed by atoms with Gasteiger partial charge in [0.15, 0.2) is 0 Å². The summed E-state index contributed by atoms with van der Waals surface area (Å²) in [4.78, 5) is 0. The third-order valence-electron chi connectivity index (χ3n) is 1.98. The molecule has 0 bridgehead atoms. The summed E-state index contributed by atoms with van der Waals surface area (Å²) in [5.74, 6) is 0.849. The third-order valence-corrected chi connectivity index (χ3v) is 1.98. The van der Waals surface area contributed by atoms with Gasteiger partial charge in [0.1, 0.15) is 5.75 Å². The molecule has 0 atom stereocenters. The Balaban J connectivity index is 2.50. The maximum atomic E-state index is 5.40.